The Morgan fingerprint density at radius 2 is 1.94 bits per heavy atom. The Morgan fingerprint density at radius 3 is 2.67 bits per heavy atom. The first-order valence-electron chi connectivity index (χ1n) is 6.36. The third-order valence-electron chi connectivity index (χ3n) is 3.62. The van der Waals surface area contributed by atoms with Crippen molar-refractivity contribution in [2.45, 2.75) is 12.5 Å². The first kappa shape index (κ1) is 12.0. The van der Waals surface area contributed by atoms with E-state index in [1.54, 1.807) is 0 Å². The molecule has 1 aliphatic heterocycles. The van der Waals surface area contributed by atoms with Crippen LogP contribution < -0.4 is 5.32 Å². The van der Waals surface area contributed by atoms with Crippen LogP contribution in [0, 0.1) is 0 Å². The molecule has 1 fully saturated rings. The van der Waals surface area contributed by atoms with Gasteiger partial charge in [0, 0.05) is 28.1 Å². The molecule has 0 bridgehead atoms. The molecule has 94 valence electrons. The minimum atomic E-state index is 0.569. The highest BCUT2D eigenvalue weighted by Crippen LogP contribution is 2.30. The Hall–Kier alpha value is -1.06. The minimum Gasteiger partial charge on any atom is -0.380 e. The summed E-state index contributed by atoms with van der Waals surface area (Å²) in [5, 5.41) is 6.24. The maximum Gasteiger partial charge on any atom is 0.0423 e. The lowest BCUT2D eigenvalue weighted by Gasteiger charge is -2.16. The van der Waals surface area contributed by atoms with Crippen LogP contribution in [0.15, 0.2) is 40.9 Å². The summed E-state index contributed by atoms with van der Waals surface area (Å²) in [4.78, 5) is 2.37. The summed E-state index contributed by atoms with van der Waals surface area (Å²) in [6.07, 6.45) is 1.22. The monoisotopic (exact) mass is 304 g/mol. The van der Waals surface area contributed by atoms with E-state index in [-0.39, 0.29) is 0 Å². The summed E-state index contributed by atoms with van der Waals surface area (Å²) >= 11 is 3.62. The number of likely N-dealkylation sites (tertiary alicyclic amines) is 1. The number of halogens is 1. The average molecular weight is 305 g/mol. The molecule has 0 aliphatic carbocycles. The predicted molar refractivity (Wildman–Crippen MR) is 81.2 cm³/mol. The summed E-state index contributed by atoms with van der Waals surface area (Å²) in [6, 6.07) is 13.4. The molecule has 3 heteroatoms. The van der Waals surface area contributed by atoms with E-state index in [0.717, 1.165) is 11.0 Å². The fourth-order valence-corrected chi connectivity index (χ4v) is 3.14. The van der Waals surface area contributed by atoms with Crippen LogP contribution in [0.1, 0.15) is 6.42 Å². The summed E-state index contributed by atoms with van der Waals surface area (Å²) in [5.74, 6) is 0. The first-order valence-corrected chi connectivity index (χ1v) is 7.15. The number of rotatable bonds is 2. The average Bonchev–Trinajstić information content (AvgIpc) is 2.79. The van der Waals surface area contributed by atoms with Crippen molar-refractivity contribution in [3.8, 4) is 0 Å². The van der Waals surface area contributed by atoms with E-state index in [1.165, 1.54) is 29.4 Å². The van der Waals surface area contributed by atoms with E-state index in [4.69, 9.17) is 0 Å². The lowest BCUT2D eigenvalue weighted by Crippen LogP contribution is -2.23. The second kappa shape index (κ2) is 4.90. The number of likely N-dealkylation sites (N-methyl/N-ethyl adjacent to an activating group) is 1. The fraction of sp³-hybridized carbons (Fsp3) is 0.333. The third kappa shape index (κ3) is 2.25. The fourth-order valence-electron chi connectivity index (χ4n) is 2.66. The summed E-state index contributed by atoms with van der Waals surface area (Å²) in [7, 11) is 2.18. The molecule has 1 unspecified atom stereocenters. The largest absolute Gasteiger partial charge is 0.380 e. The summed E-state index contributed by atoms with van der Waals surface area (Å²) < 4.78 is 1.16. The summed E-state index contributed by atoms with van der Waals surface area (Å²) in [5.41, 5.74) is 1.24. The van der Waals surface area contributed by atoms with Crippen LogP contribution >= 0.6 is 15.9 Å². The molecule has 2 aromatic carbocycles. The lowest BCUT2D eigenvalue weighted by molar-refractivity contribution is 0.414. The van der Waals surface area contributed by atoms with Crippen molar-refractivity contribution >= 4 is 32.4 Å². The Balaban J connectivity index is 1.95. The maximum atomic E-state index is 3.68. The van der Waals surface area contributed by atoms with E-state index >= 15 is 0 Å². The minimum absolute atomic E-state index is 0.569. The molecule has 1 heterocycles. The molecule has 0 saturated carbocycles. The quantitative estimate of drug-likeness (QED) is 0.910. The van der Waals surface area contributed by atoms with Crippen LogP contribution in [0.2, 0.25) is 0 Å². The molecule has 0 aromatic heterocycles. The molecule has 0 amide bonds. The molecule has 2 aromatic rings. The van der Waals surface area contributed by atoms with Crippen LogP contribution in [0.3, 0.4) is 0 Å². The molecule has 18 heavy (non-hydrogen) atoms. The highest BCUT2D eigenvalue weighted by atomic mass is 79.9. The Labute approximate surface area is 116 Å². The van der Waals surface area contributed by atoms with Gasteiger partial charge in [0.05, 0.1) is 0 Å². The van der Waals surface area contributed by atoms with E-state index < -0.39 is 0 Å². The Morgan fingerprint density at radius 1 is 1.17 bits per heavy atom. The van der Waals surface area contributed by atoms with Crippen molar-refractivity contribution in [2.24, 2.45) is 0 Å². The maximum absolute atomic E-state index is 3.68. The lowest BCUT2D eigenvalue weighted by atomic mass is 10.1. The molecular weight excluding hydrogens is 288 g/mol. The first-order chi connectivity index (χ1) is 8.74. The SMILES string of the molecule is CN1CCC(Nc2ccc(Br)c3ccccc23)C1. The van der Waals surface area contributed by atoms with Crippen LogP contribution in [0.4, 0.5) is 5.69 Å². The number of hydrogen-bond acceptors (Lipinski definition) is 2. The third-order valence-corrected chi connectivity index (χ3v) is 4.31. The van der Waals surface area contributed by atoms with E-state index in [2.05, 4.69) is 69.6 Å². The number of fused-ring (bicyclic) bond motifs is 1. The number of nitrogens with one attached hydrogen (secondary N) is 1. The van der Waals surface area contributed by atoms with E-state index in [1.807, 2.05) is 0 Å². The standard InChI is InChI=1S/C15H17BrN2/c1-18-9-8-11(10-18)17-15-7-6-14(16)12-4-2-3-5-13(12)15/h2-7,11,17H,8-10H2,1H3. The van der Waals surface area contributed by atoms with Crippen molar-refractivity contribution in [3.63, 3.8) is 0 Å². The molecule has 1 saturated heterocycles. The zero-order valence-electron chi connectivity index (χ0n) is 10.5. The molecule has 1 N–H and O–H groups in total. The number of anilines is 1. The van der Waals surface area contributed by atoms with Gasteiger partial charge in [-0.25, -0.2) is 0 Å². The number of hydrogen-bond donors (Lipinski definition) is 1. The van der Waals surface area contributed by atoms with E-state index in [9.17, 15) is 0 Å². The molecule has 0 spiro atoms. The topological polar surface area (TPSA) is 15.3 Å². The summed E-state index contributed by atoms with van der Waals surface area (Å²) in [6.45, 7) is 2.32. The normalized spacial score (nSPS) is 20.4. The van der Waals surface area contributed by atoms with Crippen LogP contribution in [0.25, 0.3) is 10.8 Å². The van der Waals surface area contributed by atoms with Crippen molar-refractivity contribution in [2.75, 3.05) is 25.5 Å². The van der Waals surface area contributed by atoms with Gasteiger partial charge in [0.1, 0.15) is 0 Å². The van der Waals surface area contributed by atoms with Crippen LogP contribution in [0.5, 0.6) is 0 Å². The van der Waals surface area contributed by atoms with Crippen LogP contribution in [-0.4, -0.2) is 31.1 Å². The van der Waals surface area contributed by atoms with Crippen molar-refractivity contribution in [1.82, 2.24) is 4.90 Å². The zero-order valence-corrected chi connectivity index (χ0v) is 12.1. The number of nitrogens with zero attached hydrogens (tertiary/aromatic N) is 1. The van der Waals surface area contributed by atoms with Crippen molar-refractivity contribution in [1.29, 1.82) is 0 Å². The highest BCUT2D eigenvalue weighted by Gasteiger charge is 2.19. The smallest absolute Gasteiger partial charge is 0.0423 e. The molecule has 3 rings (SSSR count). The van der Waals surface area contributed by atoms with Gasteiger partial charge in [-0.15, -0.1) is 0 Å². The van der Waals surface area contributed by atoms with Gasteiger partial charge in [0.2, 0.25) is 0 Å². The van der Waals surface area contributed by atoms with Gasteiger partial charge in [-0.3, -0.25) is 0 Å². The van der Waals surface area contributed by atoms with Gasteiger partial charge >= 0.3 is 0 Å². The van der Waals surface area contributed by atoms with Gasteiger partial charge in [0.25, 0.3) is 0 Å². The zero-order chi connectivity index (χ0) is 12.5. The van der Waals surface area contributed by atoms with Crippen LogP contribution in [-0.2, 0) is 0 Å². The second-order valence-corrected chi connectivity index (χ2v) is 5.89. The molecular formula is C15H17BrN2. The van der Waals surface area contributed by atoms with Gasteiger partial charge < -0.3 is 10.2 Å². The van der Waals surface area contributed by atoms with E-state index in [0.29, 0.717) is 6.04 Å². The Kier molecular flexibility index (Phi) is 3.27. The van der Waals surface area contributed by atoms with Crippen molar-refractivity contribution < 1.29 is 0 Å². The Bertz CT molecular complexity index is 567. The van der Waals surface area contributed by atoms with Gasteiger partial charge in [-0.05, 0) is 37.5 Å². The molecule has 2 nitrogen and oxygen atoms in total. The van der Waals surface area contributed by atoms with Gasteiger partial charge in [0.15, 0.2) is 0 Å². The molecule has 1 aliphatic rings. The van der Waals surface area contributed by atoms with Gasteiger partial charge in [-0.1, -0.05) is 40.2 Å². The molecule has 0 radical (unpaired) electrons. The molecule has 1 atom stereocenters. The highest BCUT2D eigenvalue weighted by molar-refractivity contribution is 9.10. The van der Waals surface area contributed by atoms with Crippen molar-refractivity contribution in [3.05, 3.63) is 40.9 Å². The predicted octanol–water partition coefficient (Wildman–Crippen LogP) is 3.72. The number of benzene rings is 2. The second-order valence-electron chi connectivity index (χ2n) is 5.03. The van der Waals surface area contributed by atoms with Gasteiger partial charge in [-0.2, -0.15) is 0 Å².